The van der Waals surface area contributed by atoms with Crippen molar-refractivity contribution in [3.05, 3.63) is 71.5 Å². The molecule has 0 radical (unpaired) electrons. The van der Waals surface area contributed by atoms with Gasteiger partial charge in [0.1, 0.15) is 5.75 Å². The number of nitrogens with two attached hydrogens (primary N) is 1. The van der Waals surface area contributed by atoms with Crippen LogP contribution in [0.5, 0.6) is 5.75 Å². The van der Waals surface area contributed by atoms with Crippen LogP contribution in [0.1, 0.15) is 28.3 Å². The fraction of sp³-hybridized carbons (Fsp3) is 0.360. The summed E-state index contributed by atoms with van der Waals surface area (Å²) >= 11 is 0. The van der Waals surface area contributed by atoms with E-state index in [-0.39, 0.29) is 42.9 Å². The minimum atomic E-state index is -3.91. The molecule has 1 heterocycles. The summed E-state index contributed by atoms with van der Waals surface area (Å²) in [6.07, 6.45) is 1.03. The molecule has 0 saturated carbocycles. The number of ether oxygens (including phenoxy) is 4. The Balaban J connectivity index is 1.69. The van der Waals surface area contributed by atoms with Gasteiger partial charge in [-0.25, -0.2) is 13.2 Å². The third-order valence-electron chi connectivity index (χ3n) is 5.75. The van der Waals surface area contributed by atoms with Crippen molar-refractivity contribution in [1.29, 1.82) is 0 Å². The van der Waals surface area contributed by atoms with E-state index in [1.165, 1.54) is 38.5 Å². The Morgan fingerprint density at radius 3 is 2.32 bits per heavy atom. The van der Waals surface area contributed by atoms with Crippen molar-refractivity contribution >= 4 is 21.9 Å². The molecule has 1 amide bonds. The number of hydrogen-bond acceptors (Lipinski definition) is 9. The summed E-state index contributed by atoms with van der Waals surface area (Å²) in [5.41, 5.74) is 6.62. The average Bonchev–Trinajstić information content (AvgIpc) is 2.92. The molecular formula is C25H30N2O9S. The van der Waals surface area contributed by atoms with Gasteiger partial charge in [0.25, 0.3) is 5.91 Å². The van der Waals surface area contributed by atoms with E-state index in [1.807, 2.05) is 0 Å². The van der Waals surface area contributed by atoms with E-state index >= 15 is 0 Å². The molecule has 0 unspecified atom stereocenters. The fourth-order valence-electron chi connectivity index (χ4n) is 3.79. The summed E-state index contributed by atoms with van der Waals surface area (Å²) < 4.78 is 48.4. The maximum atomic E-state index is 13.1. The van der Waals surface area contributed by atoms with Gasteiger partial charge < -0.3 is 29.8 Å². The van der Waals surface area contributed by atoms with Crippen LogP contribution in [0.25, 0.3) is 0 Å². The van der Waals surface area contributed by atoms with Crippen molar-refractivity contribution in [3.63, 3.8) is 0 Å². The third kappa shape index (κ3) is 7.07. The molecule has 2 aromatic carbocycles. The molecular weight excluding hydrogens is 504 g/mol. The Hall–Kier alpha value is -3.45. The van der Waals surface area contributed by atoms with E-state index in [0.717, 1.165) is 9.87 Å². The molecule has 0 aliphatic carbocycles. The summed E-state index contributed by atoms with van der Waals surface area (Å²) in [5, 5.41) is 9.42. The number of carbonyl (C=O) groups excluding carboxylic acids is 2. The van der Waals surface area contributed by atoms with E-state index in [0.29, 0.717) is 17.7 Å². The smallest absolute Gasteiger partial charge is 0.337 e. The first-order valence-electron chi connectivity index (χ1n) is 11.4. The van der Waals surface area contributed by atoms with Gasteiger partial charge in [0, 0.05) is 25.4 Å². The SMILES string of the molecule is COC(=O)c1ccc([C@@H]2C=C(C(N)=O)O[C@H](OCCN(CCO)S(=O)(=O)c3ccc(OC)cc3)C2)cc1. The van der Waals surface area contributed by atoms with Crippen LogP contribution in [0.3, 0.4) is 0 Å². The molecule has 0 bridgehead atoms. The van der Waals surface area contributed by atoms with E-state index < -0.39 is 28.2 Å². The number of benzene rings is 2. The van der Waals surface area contributed by atoms with Gasteiger partial charge in [-0.05, 0) is 48.0 Å². The van der Waals surface area contributed by atoms with Crippen molar-refractivity contribution in [3.8, 4) is 5.75 Å². The van der Waals surface area contributed by atoms with Crippen LogP contribution in [0.2, 0.25) is 0 Å². The largest absolute Gasteiger partial charge is 0.497 e. The molecule has 0 spiro atoms. The number of aliphatic hydroxyl groups excluding tert-OH is 1. The Bertz CT molecular complexity index is 1210. The van der Waals surface area contributed by atoms with Crippen LogP contribution < -0.4 is 10.5 Å². The monoisotopic (exact) mass is 534 g/mol. The van der Waals surface area contributed by atoms with Crippen molar-refractivity contribution in [2.75, 3.05) is 40.5 Å². The summed E-state index contributed by atoms with van der Waals surface area (Å²) in [7, 11) is -1.14. The van der Waals surface area contributed by atoms with Crippen molar-refractivity contribution in [1.82, 2.24) is 4.31 Å². The van der Waals surface area contributed by atoms with Gasteiger partial charge in [-0.1, -0.05) is 12.1 Å². The number of sulfonamides is 1. The third-order valence-corrected chi connectivity index (χ3v) is 7.66. The van der Waals surface area contributed by atoms with Crippen LogP contribution in [0.4, 0.5) is 0 Å². The normalized spacial score (nSPS) is 17.6. The van der Waals surface area contributed by atoms with Gasteiger partial charge in [-0.15, -0.1) is 0 Å². The van der Waals surface area contributed by atoms with Crippen molar-refractivity contribution in [2.45, 2.75) is 23.5 Å². The predicted octanol–water partition coefficient (Wildman–Crippen LogP) is 1.38. The first kappa shape index (κ1) is 28.1. The molecule has 1 aliphatic rings. The van der Waals surface area contributed by atoms with Gasteiger partial charge in [0.15, 0.2) is 5.76 Å². The first-order chi connectivity index (χ1) is 17.7. The van der Waals surface area contributed by atoms with E-state index in [9.17, 15) is 23.1 Å². The molecule has 3 N–H and O–H groups in total. The molecule has 200 valence electrons. The van der Waals surface area contributed by atoms with E-state index in [2.05, 4.69) is 0 Å². The average molecular weight is 535 g/mol. The van der Waals surface area contributed by atoms with Gasteiger partial charge in [-0.3, -0.25) is 4.79 Å². The fourth-order valence-corrected chi connectivity index (χ4v) is 5.21. The second kappa shape index (κ2) is 12.7. The number of rotatable bonds is 12. The van der Waals surface area contributed by atoms with Crippen molar-refractivity contribution in [2.24, 2.45) is 5.73 Å². The topological polar surface area (TPSA) is 155 Å². The maximum absolute atomic E-state index is 13.1. The number of nitrogens with zero attached hydrogens (tertiary/aromatic N) is 1. The lowest BCUT2D eigenvalue weighted by Gasteiger charge is -2.29. The number of allylic oxidation sites excluding steroid dienone is 1. The van der Waals surface area contributed by atoms with Crippen LogP contribution >= 0.6 is 0 Å². The highest BCUT2D eigenvalue weighted by molar-refractivity contribution is 7.89. The maximum Gasteiger partial charge on any atom is 0.337 e. The zero-order valence-electron chi connectivity index (χ0n) is 20.5. The number of esters is 1. The van der Waals surface area contributed by atoms with Gasteiger partial charge in [0.05, 0.1) is 37.9 Å². The Morgan fingerprint density at radius 2 is 1.76 bits per heavy atom. The van der Waals surface area contributed by atoms with Crippen LogP contribution in [0, 0.1) is 0 Å². The number of amides is 1. The molecule has 37 heavy (non-hydrogen) atoms. The molecule has 1 aliphatic heterocycles. The number of methoxy groups -OCH3 is 2. The second-order valence-corrected chi connectivity index (χ2v) is 10.0. The van der Waals surface area contributed by atoms with Gasteiger partial charge >= 0.3 is 5.97 Å². The number of primary amides is 1. The Kier molecular flexibility index (Phi) is 9.64. The lowest BCUT2D eigenvalue weighted by molar-refractivity contribution is -0.144. The predicted molar refractivity (Wildman–Crippen MR) is 132 cm³/mol. The second-order valence-electron chi connectivity index (χ2n) is 8.07. The van der Waals surface area contributed by atoms with Crippen LogP contribution in [0.15, 0.2) is 65.3 Å². The van der Waals surface area contributed by atoms with Crippen molar-refractivity contribution < 1.29 is 42.1 Å². The summed E-state index contributed by atoms with van der Waals surface area (Å²) in [6.45, 7) is -0.651. The summed E-state index contributed by atoms with van der Waals surface area (Å²) in [6, 6.07) is 12.6. The minimum absolute atomic E-state index is 0.0464. The minimum Gasteiger partial charge on any atom is -0.497 e. The zero-order chi connectivity index (χ0) is 27.0. The lowest BCUT2D eigenvalue weighted by atomic mass is 9.92. The van der Waals surface area contributed by atoms with Gasteiger partial charge in [-0.2, -0.15) is 4.31 Å². The van der Waals surface area contributed by atoms with E-state index in [4.69, 9.17) is 24.7 Å². The highest BCUT2D eigenvalue weighted by atomic mass is 32.2. The first-order valence-corrected chi connectivity index (χ1v) is 12.9. The molecule has 12 heteroatoms. The zero-order valence-corrected chi connectivity index (χ0v) is 21.3. The molecule has 0 fully saturated rings. The molecule has 0 saturated heterocycles. The lowest BCUT2D eigenvalue weighted by Crippen LogP contribution is -2.38. The standard InChI is InChI=1S/C25H30N2O9S/c1-33-20-7-9-21(10-8-20)37(31,32)27(11-13-28)12-14-35-23-16-19(15-22(36-23)24(26)29)17-3-5-18(6-4-17)25(30)34-2/h3-10,15,19,23,28H,11-14,16H2,1-2H3,(H2,26,29)/t19-,23+/m1/s1. The van der Waals surface area contributed by atoms with Crippen LogP contribution in [-0.2, 0) is 29.0 Å². The summed E-state index contributed by atoms with van der Waals surface area (Å²) in [5.74, 6) is -1.10. The molecule has 2 aromatic rings. The van der Waals surface area contributed by atoms with Gasteiger partial charge in [0.2, 0.25) is 16.3 Å². The number of hydrogen-bond donors (Lipinski definition) is 2. The molecule has 2 atom stereocenters. The Morgan fingerprint density at radius 1 is 1.08 bits per heavy atom. The molecule has 11 nitrogen and oxygen atoms in total. The molecule has 0 aromatic heterocycles. The highest BCUT2D eigenvalue weighted by Gasteiger charge is 2.29. The molecule has 3 rings (SSSR count). The van der Waals surface area contributed by atoms with E-state index in [1.54, 1.807) is 30.3 Å². The van der Waals surface area contributed by atoms with Crippen LogP contribution in [-0.4, -0.2) is 76.5 Å². The quantitative estimate of drug-likeness (QED) is 0.384. The Labute approximate surface area is 215 Å². The summed E-state index contributed by atoms with van der Waals surface area (Å²) in [4.78, 5) is 23.6. The highest BCUT2D eigenvalue weighted by Crippen LogP contribution is 2.31. The number of aliphatic hydroxyl groups is 1. The number of carbonyl (C=O) groups is 2.